The predicted molar refractivity (Wildman–Crippen MR) is 80.8 cm³/mol. The molecule has 0 aromatic heterocycles. The zero-order valence-electron chi connectivity index (χ0n) is 12.7. The zero-order valence-corrected chi connectivity index (χ0v) is 12.7. The molecule has 0 radical (unpaired) electrons. The van der Waals surface area contributed by atoms with Crippen LogP contribution in [-0.2, 0) is 14.3 Å². The SMILES string of the molecule is COC(=O)C1CCC(NC(=O)C(C)c2ccccc2)CC1. The smallest absolute Gasteiger partial charge is 0.308 e. The monoisotopic (exact) mass is 289 g/mol. The number of nitrogens with one attached hydrogen (secondary N) is 1. The van der Waals surface area contributed by atoms with Crippen molar-refractivity contribution in [2.75, 3.05) is 7.11 Å². The van der Waals surface area contributed by atoms with Crippen molar-refractivity contribution in [2.24, 2.45) is 5.92 Å². The van der Waals surface area contributed by atoms with E-state index in [0.717, 1.165) is 31.2 Å². The summed E-state index contributed by atoms with van der Waals surface area (Å²) in [6.45, 7) is 1.92. The minimum Gasteiger partial charge on any atom is -0.469 e. The molecule has 1 aromatic carbocycles. The Morgan fingerprint density at radius 3 is 2.33 bits per heavy atom. The third-order valence-electron chi connectivity index (χ3n) is 4.30. The molecule has 0 bridgehead atoms. The number of amides is 1. The molecule has 1 amide bonds. The van der Waals surface area contributed by atoms with E-state index in [1.807, 2.05) is 37.3 Å². The van der Waals surface area contributed by atoms with Crippen molar-refractivity contribution >= 4 is 11.9 Å². The minimum absolute atomic E-state index is 0.00491. The lowest BCUT2D eigenvalue weighted by molar-refractivity contribution is -0.146. The zero-order chi connectivity index (χ0) is 15.2. The molecule has 21 heavy (non-hydrogen) atoms. The fraction of sp³-hybridized carbons (Fsp3) is 0.529. The van der Waals surface area contributed by atoms with E-state index in [-0.39, 0.29) is 29.8 Å². The van der Waals surface area contributed by atoms with Gasteiger partial charge in [-0.3, -0.25) is 9.59 Å². The molecule has 1 aliphatic rings. The Hall–Kier alpha value is -1.84. The molecule has 0 saturated heterocycles. The van der Waals surface area contributed by atoms with Gasteiger partial charge in [0.25, 0.3) is 0 Å². The van der Waals surface area contributed by atoms with Crippen molar-refractivity contribution in [1.29, 1.82) is 0 Å². The molecule has 1 fully saturated rings. The maximum absolute atomic E-state index is 12.3. The molecule has 1 N–H and O–H groups in total. The first-order valence-electron chi connectivity index (χ1n) is 7.55. The Balaban J connectivity index is 1.83. The number of carbonyl (C=O) groups excluding carboxylic acids is 2. The molecule has 1 aromatic rings. The molecule has 0 heterocycles. The summed E-state index contributed by atoms with van der Waals surface area (Å²) < 4.78 is 4.78. The van der Waals surface area contributed by atoms with Crippen LogP contribution >= 0.6 is 0 Å². The molecule has 4 nitrogen and oxygen atoms in total. The number of esters is 1. The molecule has 0 spiro atoms. The second-order valence-electron chi connectivity index (χ2n) is 5.71. The predicted octanol–water partition coefficient (Wildman–Crippen LogP) is 2.64. The van der Waals surface area contributed by atoms with Crippen LogP contribution in [0.15, 0.2) is 30.3 Å². The van der Waals surface area contributed by atoms with Crippen molar-refractivity contribution < 1.29 is 14.3 Å². The number of ether oxygens (including phenoxy) is 1. The van der Waals surface area contributed by atoms with E-state index >= 15 is 0 Å². The second-order valence-corrected chi connectivity index (χ2v) is 5.71. The van der Waals surface area contributed by atoms with Gasteiger partial charge < -0.3 is 10.1 Å². The highest BCUT2D eigenvalue weighted by molar-refractivity contribution is 5.83. The average molecular weight is 289 g/mol. The molecule has 0 aliphatic heterocycles. The summed E-state index contributed by atoms with van der Waals surface area (Å²) in [5.74, 6) is -0.223. The van der Waals surface area contributed by atoms with Crippen LogP contribution in [-0.4, -0.2) is 25.0 Å². The molecular formula is C17H23NO3. The summed E-state index contributed by atoms with van der Waals surface area (Å²) >= 11 is 0. The van der Waals surface area contributed by atoms with Crippen LogP contribution in [0.2, 0.25) is 0 Å². The number of rotatable bonds is 4. The van der Waals surface area contributed by atoms with Gasteiger partial charge in [0.1, 0.15) is 0 Å². The Bertz CT molecular complexity index is 478. The number of benzene rings is 1. The van der Waals surface area contributed by atoms with E-state index < -0.39 is 0 Å². The van der Waals surface area contributed by atoms with Gasteiger partial charge in [-0.25, -0.2) is 0 Å². The van der Waals surface area contributed by atoms with Crippen LogP contribution in [0.25, 0.3) is 0 Å². The van der Waals surface area contributed by atoms with E-state index in [0.29, 0.717) is 0 Å². The van der Waals surface area contributed by atoms with Crippen molar-refractivity contribution in [3.63, 3.8) is 0 Å². The van der Waals surface area contributed by atoms with Crippen molar-refractivity contribution in [2.45, 2.75) is 44.6 Å². The highest BCUT2D eigenvalue weighted by Gasteiger charge is 2.28. The van der Waals surface area contributed by atoms with Crippen LogP contribution in [0.3, 0.4) is 0 Å². The molecule has 2 rings (SSSR count). The Morgan fingerprint density at radius 2 is 1.76 bits per heavy atom. The lowest BCUT2D eigenvalue weighted by atomic mass is 9.85. The van der Waals surface area contributed by atoms with Crippen LogP contribution in [0, 0.1) is 5.92 Å². The van der Waals surface area contributed by atoms with Gasteiger partial charge in [0, 0.05) is 6.04 Å². The summed E-state index contributed by atoms with van der Waals surface area (Å²) in [4.78, 5) is 23.8. The minimum atomic E-state index is -0.149. The second kappa shape index (κ2) is 7.25. The van der Waals surface area contributed by atoms with Gasteiger partial charge >= 0.3 is 5.97 Å². The molecular weight excluding hydrogens is 266 g/mol. The molecule has 114 valence electrons. The third-order valence-corrected chi connectivity index (χ3v) is 4.30. The maximum Gasteiger partial charge on any atom is 0.308 e. The number of hydrogen-bond acceptors (Lipinski definition) is 3. The first kappa shape index (κ1) is 15.5. The first-order valence-corrected chi connectivity index (χ1v) is 7.55. The number of hydrogen-bond donors (Lipinski definition) is 1. The Kier molecular flexibility index (Phi) is 5.37. The van der Waals surface area contributed by atoms with Crippen LogP contribution in [0.4, 0.5) is 0 Å². The standard InChI is InChI=1S/C17H23NO3/c1-12(13-6-4-3-5-7-13)16(19)18-15-10-8-14(9-11-15)17(20)21-2/h3-7,12,14-15H,8-11H2,1-2H3,(H,18,19). The summed E-state index contributed by atoms with van der Waals surface area (Å²) in [7, 11) is 1.43. The average Bonchev–Trinajstić information content (AvgIpc) is 2.55. The Morgan fingerprint density at radius 1 is 1.14 bits per heavy atom. The summed E-state index contributed by atoms with van der Waals surface area (Å²) in [6, 6.07) is 9.95. The topological polar surface area (TPSA) is 55.4 Å². The fourth-order valence-electron chi connectivity index (χ4n) is 2.86. The molecule has 1 saturated carbocycles. The number of carbonyl (C=O) groups is 2. The van der Waals surface area contributed by atoms with Gasteiger partial charge in [-0.2, -0.15) is 0 Å². The summed E-state index contributed by atoms with van der Waals surface area (Å²) in [5.41, 5.74) is 1.03. The summed E-state index contributed by atoms with van der Waals surface area (Å²) in [5, 5.41) is 3.10. The largest absolute Gasteiger partial charge is 0.469 e. The summed E-state index contributed by atoms with van der Waals surface area (Å²) in [6.07, 6.45) is 3.26. The van der Waals surface area contributed by atoms with Gasteiger partial charge in [-0.1, -0.05) is 30.3 Å². The van der Waals surface area contributed by atoms with Crippen molar-refractivity contribution in [3.05, 3.63) is 35.9 Å². The lowest BCUT2D eigenvalue weighted by Crippen LogP contribution is -2.40. The fourth-order valence-corrected chi connectivity index (χ4v) is 2.86. The lowest BCUT2D eigenvalue weighted by Gasteiger charge is -2.28. The number of methoxy groups -OCH3 is 1. The first-order chi connectivity index (χ1) is 10.1. The molecule has 1 aliphatic carbocycles. The van der Waals surface area contributed by atoms with E-state index in [2.05, 4.69) is 5.32 Å². The van der Waals surface area contributed by atoms with Gasteiger partial charge in [0.05, 0.1) is 18.9 Å². The van der Waals surface area contributed by atoms with Crippen molar-refractivity contribution in [1.82, 2.24) is 5.32 Å². The van der Waals surface area contributed by atoms with Crippen molar-refractivity contribution in [3.8, 4) is 0 Å². The van der Waals surface area contributed by atoms with Crippen LogP contribution in [0.1, 0.15) is 44.1 Å². The van der Waals surface area contributed by atoms with E-state index in [1.165, 1.54) is 7.11 Å². The van der Waals surface area contributed by atoms with Gasteiger partial charge in [-0.15, -0.1) is 0 Å². The van der Waals surface area contributed by atoms with E-state index in [9.17, 15) is 9.59 Å². The van der Waals surface area contributed by atoms with E-state index in [1.54, 1.807) is 0 Å². The van der Waals surface area contributed by atoms with Crippen LogP contribution < -0.4 is 5.32 Å². The van der Waals surface area contributed by atoms with Gasteiger partial charge in [-0.05, 0) is 38.2 Å². The van der Waals surface area contributed by atoms with Crippen LogP contribution in [0.5, 0.6) is 0 Å². The molecule has 1 atom stereocenters. The quantitative estimate of drug-likeness (QED) is 0.867. The molecule has 4 heteroatoms. The third kappa shape index (κ3) is 4.06. The highest BCUT2D eigenvalue weighted by atomic mass is 16.5. The van der Waals surface area contributed by atoms with E-state index in [4.69, 9.17) is 4.74 Å². The normalized spacial score (nSPS) is 23.1. The molecule has 1 unspecified atom stereocenters. The Labute approximate surface area is 125 Å². The van der Waals surface area contributed by atoms with Gasteiger partial charge in [0.2, 0.25) is 5.91 Å². The van der Waals surface area contributed by atoms with Gasteiger partial charge in [0.15, 0.2) is 0 Å². The maximum atomic E-state index is 12.3. The highest BCUT2D eigenvalue weighted by Crippen LogP contribution is 2.26.